The summed E-state index contributed by atoms with van der Waals surface area (Å²) in [5.41, 5.74) is 0. The number of carbonyl (C=O) groups is 1. The second kappa shape index (κ2) is 28.9. The highest BCUT2D eigenvalue weighted by Gasteiger charge is 2.24. The first-order chi connectivity index (χ1) is 19.8. The van der Waals surface area contributed by atoms with Crippen molar-refractivity contribution in [3.8, 4) is 0 Å². The van der Waals surface area contributed by atoms with E-state index in [0.717, 1.165) is 32.1 Å². The fraction of sp³-hybridized carbons (Fsp3) is 0.853. The Kier molecular flexibility index (Phi) is 28.1. The van der Waals surface area contributed by atoms with E-state index in [1.807, 2.05) is 0 Å². The van der Waals surface area contributed by atoms with E-state index >= 15 is 0 Å². The molecule has 0 aliphatic carbocycles. The number of allylic oxidation sites excluding steroid dienone is 3. The summed E-state index contributed by atoms with van der Waals surface area (Å²) in [6.45, 7) is 4.44. The molecule has 0 aliphatic heterocycles. The first-order valence-electron chi connectivity index (χ1n) is 17.0. The number of aliphatic hydroxyl groups is 1. The molecule has 0 aromatic carbocycles. The van der Waals surface area contributed by atoms with Crippen molar-refractivity contribution in [2.24, 2.45) is 0 Å². The SMILES string of the molecule is CCCCC/C=C/CC/C=C/C(O)C(CS(=O)(=O)O)NC(=O)CCCCCCCCCCCCCCCCCCC. The minimum absolute atomic E-state index is 0.290. The Balaban J connectivity index is 3.95. The first-order valence-corrected chi connectivity index (χ1v) is 18.6. The summed E-state index contributed by atoms with van der Waals surface area (Å²) in [4.78, 5) is 12.4. The van der Waals surface area contributed by atoms with Crippen LogP contribution in [0.3, 0.4) is 0 Å². The minimum atomic E-state index is -4.34. The molecular formula is C34H65NO5S. The second-order valence-electron chi connectivity index (χ2n) is 11.8. The van der Waals surface area contributed by atoms with Crippen LogP contribution >= 0.6 is 0 Å². The Bertz CT molecular complexity index is 750. The molecule has 1 amide bonds. The van der Waals surface area contributed by atoms with Crippen LogP contribution in [0.2, 0.25) is 0 Å². The Morgan fingerprint density at radius 2 is 1.05 bits per heavy atom. The number of unbranched alkanes of at least 4 members (excludes halogenated alkanes) is 20. The molecule has 0 saturated carbocycles. The molecule has 0 saturated heterocycles. The summed E-state index contributed by atoms with van der Waals surface area (Å²) >= 11 is 0. The van der Waals surface area contributed by atoms with Crippen LogP contribution < -0.4 is 5.32 Å². The molecule has 0 aromatic heterocycles. The van der Waals surface area contributed by atoms with Crippen molar-refractivity contribution in [2.45, 2.75) is 180 Å². The van der Waals surface area contributed by atoms with Gasteiger partial charge in [0.2, 0.25) is 5.91 Å². The summed E-state index contributed by atoms with van der Waals surface area (Å²) in [6, 6.07) is -1.07. The smallest absolute Gasteiger partial charge is 0.267 e. The maximum Gasteiger partial charge on any atom is 0.267 e. The molecule has 2 unspecified atom stereocenters. The van der Waals surface area contributed by atoms with E-state index in [4.69, 9.17) is 0 Å². The fourth-order valence-electron chi connectivity index (χ4n) is 5.05. The minimum Gasteiger partial charge on any atom is -0.387 e. The van der Waals surface area contributed by atoms with Gasteiger partial charge in [-0.1, -0.05) is 154 Å². The molecule has 0 rings (SSSR count). The van der Waals surface area contributed by atoms with E-state index in [-0.39, 0.29) is 5.91 Å². The summed E-state index contributed by atoms with van der Waals surface area (Å²) < 4.78 is 32.2. The van der Waals surface area contributed by atoms with Crippen molar-refractivity contribution in [2.75, 3.05) is 5.75 Å². The zero-order valence-electron chi connectivity index (χ0n) is 26.7. The quantitative estimate of drug-likeness (QED) is 0.0434. The molecule has 0 bridgehead atoms. The lowest BCUT2D eigenvalue weighted by Gasteiger charge is -2.21. The number of hydrogen-bond acceptors (Lipinski definition) is 4. The lowest BCUT2D eigenvalue weighted by molar-refractivity contribution is -0.122. The van der Waals surface area contributed by atoms with Crippen LogP contribution in [-0.4, -0.2) is 41.9 Å². The molecule has 0 radical (unpaired) electrons. The molecule has 242 valence electrons. The molecule has 0 spiro atoms. The van der Waals surface area contributed by atoms with Crippen LogP contribution in [0.1, 0.15) is 168 Å². The summed E-state index contributed by atoms with van der Waals surface area (Å²) in [7, 11) is -4.34. The Labute approximate surface area is 254 Å². The van der Waals surface area contributed by atoms with E-state index < -0.39 is 28.0 Å². The Hall–Kier alpha value is -1.18. The van der Waals surface area contributed by atoms with Gasteiger partial charge < -0.3 is 10.4 Å². The average Bonchev–Trinajstić information content (AvgIpc) is 2.92. The topological polar surface area (TPSA) is 104 Å². The van der Waals surface area contributed by atoms with Crippen molar-refractivity contribution in [3.63, 3.8) is 0 Å². The molecule has 41 heavy (non-hydrogen) atoms. The van der Waals surface area contributed by atoms with Crippen LogP contribution in [-0.2, 0) is 14.9 Å². The van der Waals surface area contributed by atoms with E-state index in [2.05, 4.69) is 31.3 Å². The van der Waals surface area contributed by atoms with Crippen LogP contribution in [0.15, 0.2) is 24.3 Å². The van der Waals surface area contributed by atoms with Gasteiger partial charge in [-0.2, -0.15) is 8.42 Å². The third-order valence-electron chi connectivity index (χ3n) is 7.63. The van der Waals surface area contributed by atoms with Crippen molar-refractivity contribution < 1.29 is 22.9 Å². The van der Waals surface area contributed by atoms with Crippen LogP contribution in [0.4, 0.5) is 0 Å². The zero-order chi connectivity index (χ0) is 30.4. The van der Waals surface area contributed by atoms with Crippen molar-refractivity contribution >= 4 is 16.0 Å². The number of aliphatic hydroxyl groups excluding tert-OH is 1. The van der Waals surface area contributed by atoms with Gasteiger partial charge in [-0.05, 0) is 32.1 Å². The van der Waals surface area contributed by atoms with Gasteiger partial charge in [-0.3, -0.25) is 9.35 Å². The highest BCUT2D eigenvalue weighted by Crippen LogP contribution is 2.14. The van der Waals surface area contributed by atoms with Crippen molar-refractivity contribution in [1.29, 1.82) is 0 Å². The molecule has 0 fully saturated rings. The van der Waals surface area contributed by atoms with Gasteiger partial charge in [-0.15, -0.1) is 0 Å². The van der Waals surface area contributed by atoms with E-state index in [1.165, 1.54) is 115 Å². The summed E-state index contributed by atoms with van der Waals surface area (Å²) in [5, 5.41) is 13.1. The average molecular weight is 600 g/mol. The lowest BCUT2D eigenvalue weighted by Crippen LogP contribution is -2.46. The molecule has 3 N–H and O–H groups in total. The fourth-order valence-corrected chi connectivity index (χ4v) is 5.79. The highest BCUT2D eigenvalue weighted by atomic mass is 32.2. The van der Waals surface area contributed by atoms with Gasteiger partial charge in [0.1, 0.15) is 0 Å². The van der Waals surface area contributed by atoms with Crippen molar-refractivity contribution in [1.82, 2.24) is 5.32 Å². The van der Waals surface area contributed by atoms with Crippen LogP contribution in [0.25, 0.3) is 0 Å². The predicted molar refractivity (Wildman–Crippen MR) is 175 cm³/mol. The van der Waals surface area contributed by atoms with Gasteiger partial charge in [0.05, 0.1) is 17.9 Å². The molecular weight excluding hydrogens is 534 g/mol. The molecule has 7 heteroatoms. The van der Waals surface area contributed by atoms with Gasteiger partial charge in [0, 0.05) is 6.42 Å². The van der Waals surface area contributed by atoms with E-state index in [9.17, 15) is 22.9 Å². The number of rotatable bonds is 30. The number of hydrogen-bond donors (Lipinski definition) is 3. The second-order valence-corrected chi connectivity index (χ2v) is 13.3. The molecule has 6 nitrogen and oxygen atoms in total. The number of nitrogens with one attached hydrogen (secondary N) is 1. The number of carbonyl (C=O) groups excluding carboxylic acids is 1. The van der Waals surface area contributed by atoms with Crippen LogP contribution in [0.5, 0.6) is 0 Å². The third-order valence-corrected chi connectivity index (χ3v) is 8.41. The van der Waals surface area contributed by atoms with Gasteiger partial charge in [-0.25, -0.2) is 0 Å². The van der Waals surface area contributed by atoms with Gasteiger partial charge in [0.25, 0.3) is 10.1 Å². The lowest BCUT2D eigenvalue weighted by atomic mass is 10.0. The predicted octanol–water partition coefficient (Wildman–Crippen LogP) is 9.23. The Morgan fingerprint density at radius 3 is 1.54 bits per heavy atom. The normalized spacial score (nSPS) is 13.8. The van der Waals surface area contributed by atoms with E-state index in [1.54, 1.807) is 6.08 Å². The maximum atomic E-state index is 12.4. The van der Waals surface area contributed by atoms with E-state index in [0.29, 0.717) is 12.8 Å². The molecule has 2 atom stereocenters. The monoisotopic (exact) mass is 599 g/mol. The number of amides is 1. The molecule has 0 aromatic rings. The highest BCUT2D eigenvalue weighted by molar-refractivity contribution is 7.85. The van der Waals surface area contributed by atoms with Crippen molar-refractivity contribution in [3.05, 3.63) is 24.3 Å². The van der Waals surface area contributed by atoms with Gasteiger partial charge in [0.15, 0.2) is 0 Å². The third kappa shape index (κ3) is 30.1. The zero-order valence-corrected chi connectivity index (χ0v) is 27.5. The standard InChI is InChI=1S/C34H65NO5S/c1-3-5-7-9-11-13-14-15-16-17-18-19-20-22-24-26-28-30-34(37)35-32(31-41(38,39)40)33(36)29-27-25-23-21-12-10-8-6-4-2/h12,21,27,29,32-33,36H,3-11,13-20,22-26,28,30-31H2,1-2H3,(H,35,37)(H,38,39,40)/b21-12+,29-27+. The van der Waals surface area contributed by atoms with Crippen LogP contribution in [0, 0.1) is 0 Å². The summed E-state index contributed by atoms with van der Waals surface area (Å²) in [5.74, 6) is -0.997. The maximum absolute atomic E-state index is 12.4. The largest absolute Gasteiger partial charge is 0.387 e. The summed E-state index contributed by atoms with van der Waals surface area (Å²) in [6.07, 6.45) is 34.6. The molecule has 0 heterocycles. The Morgan fingerprint density at radius 1 is 0.634 bits per heavy atom. The molecule has 0 aliphatic rings. The first kappa shape index (κ1) is 39.8. The van der Waals surface area contributed by atoms with Gasteiger partial charge >= 0.3 is 0 Å².